The standard InChI is InChI=1S/C17H13ClF6O.C5H8O2/c1-2-10-7-11(8-14(15(10)18)25-9-16(19,20)21)12-5-3-4-6-13(12)17(22,23)24;6-5(7)4-2-1-3-4/h3-8H,2,9H2,1H3;4H,1-3H2,(H,6,7). The van der Waals surface area contributed by atoms with Crippen molar-refractivity contribution in [2.75, 3.05) is 6.61 Å². The van der Waals surface area contributed by atoms with E-state index >= 15 is 0 Å². The van der Waals surface area contributed by atoms with E-state index in [9.17, 15) is 31.1 Å². The summed E-state index contributed by atoms with van der Waals surface area (Å²) in [5, 5.41) is 8.19. The lowest BCUT2D eigenvalue weighted by molar-refractivity contribution is -0.153. The van der Waals surface area contributed by atoms with Crippen LogP contribution in [-0.2, 0) is 17.4 Å². The van der Waals surface area contributed by atoms with Crippen molar-refractivity contribution in [1.82, 2.24) is 0 Å². The van der Waals surface area contributed by atoms with Crippen molar-refractivity contribution >= 4 is 17.6 Å². The number of aryl methyl sites for hydroxylation is 1. The fourth-order valence-corrected chi connectivity index (χ4v) is 3.27. The van der Waals surface area contributed by atoms with Gasteiger partial charge in [-0.2, -0.15) is 26.3 Å². The molecule has 1 N–H and O–H groups in total. The number of carboxylic acid groups (broad SMARTS) is 1. The Morgan fingerprint density at radius 2 is 1.75 bits per heavy atom. The number of carboxylic acids is 1. The van der Waals surface area contributed by atoms with E-state index in [2.05, 4.69) is 0 Å². The van der Waals surface area contributed by atoms with Crippen LogP contribution in [0.5, 0.6) is 5.75 Å². The highest BCUT2D eigenvalue weighted by Crippen LogP contribution is 2.41. The summed E-state index contributed by atoms with van der Waals surface area (Å²) in [6, 6.07) is 7.33. The van der Waals surface area contributed by atoms with Crippen LogP contribution in [0, 0.1) is 5.92 Å². The fraction of sp³-hybridized carbons (Fsp3) is 0.409. The highest BCUT2D eigenvalue weighted by atomic mass is 35.5. The maximum atomic E-state index is 13.2. The zero-order valence-corrected chi connectivity index (χ0v) is 17.7. The zero-order chi connectivity index (χ0) is 24.1. The fourth-order valence-electron chi connectivity index (χ4n) is 2.97. The molecule has 0 amide bonds. The summed E-state index contributed by atoms with van der Waals surface area (Å²) in [4.78, 5) is 9.98. The lowest BCUT2D eigenvalue weighted by Gasteiger charge is -2.19. The molecule has 0 bridgehead atoms. The first-order valence-corrected chi connectivity index (χ1v) is 10.1. The van der Waals surface area contributed by atoms with Gasteiger partial charge < -0.3 is 9.84 Å². The smallest absolute Gasteiger partial charge is 0.422 e. The molecule has 0 saturated heterocycles. The van der Waals surface area contributed by atoms with Gasteiger partial charge in [0.05, 0.1) is 16.5 Å². The molecule has 1 saturated carbocycles. The van der Waals surface area contributed by atoms with Crippen LogP contribution in [0.2, 0.25) is 5.02 Å². The molecular weight excluding hydrogens is 462 g/mol. The molecule has 0 aliphatic heterocycles. The average Bonchev–Trinajstić information content (AvgIpc) is 2.64. The van der Waals surface area contributed by atoms with Crippen molar-refractivity contribution in [2.24, 2.45) is 5.92 Å². The Kier molecular flexibility index (Phi) is 8.45. The molecule has 0 heterocycles. The minimum Gasteiger partial charge on any atom is -0.483 e. The maximum absolute atomic E-state index is 13.2. The number of hydrogen-bond acceptors (Lipinski definition) is 2. The lowest BCUT2D eigenvalue weighted by atomic mass is 9.86. The van der Waals surface area contributed by atoms with Crippen LogP contribution in [-0.4, -0.2) is 23.9 Å². The van der Waals surface area contributed by atoms with Crippen molar-refractivity contribution < 1.29 is 41.0 Å². The van der Waals surface area contributed by atoms with Gasteiger partial charge >= 0.3 is 18.3 Å². The average molecular weight is 483 g/mol. The van der Waals surface area contributed by atoms with Crippen LogP contribution in [0.3, 0.4) is 0 Å². The van der Waals surface area contributed by atoms with E-state index in [4.69, 9.17) is 21.4 Å². The van der Waals surface area contributed by atoms with Gasteiger partial charge in [0.15, 0.2) is 6.61 Å². The number of alkyl halides is 6. The Morgan fingerprint density at radius 3 is 2.19 bits per heavy atom. The summed E-state index contributed by atoms with van der Waals surface area (Å²) in [7, 11) is 0. The highest BCUT2D eigenvalue weighted by Gasteiger charge is 2.34. The molecule has 176 valence electrons. The number of hydrogen-bond donors (Lipinski definition) is 1. The van der Waals surface area contributed by atoms with Gasteiger partial charge in [-0.15, -0.1) is 0 Å². The van der Waals surface area contributed by atoms with Gasteiger partial charge in [0.2, 0.25) is 0 Å². The number of benzene rings is 2. The third-order valence-electron chi connectivity index (χ3n) is 4.88. The van der Waals surface area contributed by atoms with Gasteiger partial charge in [-0.1, -0.05) is 43.1 Å². The van der Waals surface area contributed by atoms with E-state index in [0.717, 1.165) is 31.4 Å². The number of aliphatic carboxylic acids is 1. The number of ether oxygens (including phenoxy) is 1. The quantitative estimate of drug-likeness (QED) is 0.452. The Morgan fingerprint density at radius 1 is 1.12 bits per heavy atom. The number of rotatable bonds is 5. The molecule has 2 aromatic carbocycles. The molecule has 3 rings (SSSR count). The minimum absolute atomic E-state index is 0.000000000000000444. The Labute approximate surface area is 186 Å². The van der Waals surface area contributed by atoms with Crippen LogP contribution in [0.4, 0.5) is 26.3 Å². The van der Waals surface area contributed by atoms with Crippen LogP contribution in [0.25, 0.3) is 11.1 Å². The second-order valence-electron chi connectivity index (χ2n) is 7.21. The summed E-state index contributed by atoms with van der Waals surface area (Å²) in [5.74, 6) is -0.920. The molecule has 3 nitrogen and oxygen atoms in total. The SMILES string of the molecule is CCc1cc(-c2ccccc2C(F)(F)F)cc(OCC(F)(F)F)c1Cl.O=C(O)C1CCC1. The van der Waals surface area contributed by atoms with Crippen LogP contribution in [0.15, 0.2) is 36.4 Å². The minimum atomic E-state index is -4.60. The van der Waals surface area contributed by atoms with Crippen molar-refractivity contribution in [2.45, 2.75) is 45.0 Å². The zero-order valence-electron chi connectivity index (χ0n) is 17.0. The summed E-state index contributed by atoms with van der Waals surface area (Å²) in [6.07, 6.45) is -5.96. The van der Waals surface area contributed by atoms with Gasteiger partial charge in [-0.3, -0.25) is 4.79 Å². The van der Waals surface area contributed by atoms with Gasteiger partial charge in [0.25, 0.3) is 0 Å². The first-order chi connectivity index (χ1) is 14.8. The lowest BCUT2D eigenvalue weighted by Crippen LogP contribution is -2.20. The number of carbonyl (C=O) groups is 1. The molecule has 1 aliphatic carbocycles. The largest absolute Gasteiger partial charge is 0.483 e. The third kappa shape index (κ3) is 7.05. The van der Waals surface area contributed by atoms with Crippen LogP contribution >= 0.6 is 11.6 Å². The number of halogens is 7. The maximum Gasteiger partial charge on any atom is 0.422 e. The summed E-state index contributed by atoms with van der Waals surface area (Å²) in [6.45, 7) is 0.106. The van der Waals surface area contributed by atoms with Crippen molar-refractivity contribution in [3.05, 3.63) is 52.5 Å². The molecule has 0 atom stereocenters. The van der Waals surface area contributed by atoms with Gasteiger partial charge in [0, 0.05) is 0 Å². The van der Waals surface area contributed by atoms with Crippen molar-refractivity contribution in [3.8, 4) is 16.9 Å². The topological polar surface area (TPSA) is 46.5 Å². The molecule has 1 fully saturated rings. The molecule has 0 unspecified atom stereocenters. The summed E-state index contributed by atoms with van der Waals surface area (Å²) >= 11 is 6.01. The Balaban J connectivity index is 0.000000439. The summed E-state index contributed by atoms with van der Waals surface area (Å²) in [5.41, 5.74) is -0.556. The molecular formula is C22H21ClF6O3. The predicted molar refractivity (Wildman–Crippen MR) is 108 cm³/mol. The molecule has 2 aromatic rings. The Hall–Kier alpha value is -2.42. The van der Waals surface area contributed by atoms with Gasteiger partial charge in [0.1, 0.15) is 5.75 Å². The summed E-state index contributed by atoms with van der Waals surface area (Å²) < 4.78 is 81.4. The van der Waals surface area contributed by atoms with Crippen molar-refractivity contribution in [1.29, 1.82) is 0 Å². The molecule has 0 spiro atoms. The molecule has 32 heavy (non-hydrogen) atoms. The van der Waals surface area contributed by atoms with Crippen molar-refractivity contribution in [3.63, 3.8) is 0 Å². The predicted octanol–water partition coefficient (Wildman–Crippen LogP) is 7.40. The Bertz CT molecular complexity index is 936. The molecule has 1 aliphatic rings. The van der Waals surface area contributed by atoms with Gasteiger partial charge in [-0.05, 0) is 54.2 Å². The molecule has 0 aromatic heterocycles. The van der Waals surface area contributed by atoms with Crippen LogP contribution in [0.1, 0.15) is 37.3 Å². The highest BCUT2D eigenvalue weighted by molar-refractivity contribution is 6.33. The van der Waals surface area contributed by atoms with Gasteiger partial charge in [-0.25, -0.2) is 0 Å². The second kappa shape index (κ2) is 10.5. The normalized spacial score (nSPS) is 14.2. The first-order valence-electron chi connectivity index (χ1n) is 9.74. The van der Waals surface area contributed by atoms with E-state index < -0.39 is 30.5 Å². The van der Waals surface area contributed by atoms with E-state index in [1.165, 1.54) is 24.3 Å². The second-order valence-corrected chi connectivity index (χ2v) is 7.59. The molecule has 0 radical (unpaired) electrons. The van der Waals surface area contributed by atoms with E-state index in [-0.39, 0.29) is 27.8 Å². The first kappa shape index (κ1) is 25.8. The van der Waals surface area contributed by atoms with Crippen LogP contribution < -0.4 is 4.74 Å². The van der Waals surface area contributed by atoms with E-state index in [1.54, 1.807) is 6.92 Å². The molecule has 10 heteroatoms. The van der Waals surface area contributed by atoms with E-state index in [1.807, 2.05) is 0 Å². The van der Waals surface area contributed by atoms with E-state index in [0.29, 0.717) is 12.0 Å². The third-order valence-corrected chi connectivity index (χ3v) is 5.31. The monoisotopic (exact) mass is 482 g/mol.